The molecule has 0 aliphatic rings. The van der Waals surface area contributed by atoms with E-state index in [2.05, 4.69) is 203 Å². The zero-order valence-corrected chi connectivity index (χ0v) is 27.7. The first-order valence-corrected chi connectivity index (χ1v) is 17.2. The second kappa shape index (κ2) is 14.8. The van der Waals surface area contributed by atoms with Crippen molar-refractivity contribution in [3.8, 4) is 0 Å². The van der Waals surface area contributed by atoms with E-state index >= 15 is 0 Å². The fraction of sp³-hybridized carbons (Fsp3) is 0.0667. The van der Waals surface area contributed by atoms with Crippen LogP contribution in [0, 0.1) is 20.8 Å². The minimum absolute atomic E-state index is 0.726. The summed E-state index contributed by atoms with van der Waals surface area (Å²) in [5.41, 5.74) is 11.1. The maximum absolute atomic E-state index is 2.30. The number of aryl methyl sites for hydroxylation is 3. The third-order valence-corrected chi connectivity index (χ3v) is 10.5. The van der Waals surface area contributed by atoms with Gasteiger partial charge in [0.25, 0.3) is 0 Å². The molecule has 6 rings (SSSR count). The van der Waals surface area contributed by atoms with Gasteiger partial charge in [-0.05, 0) is 78.0 Å². The molecule has 0 amide bonds. The van der Waals surface area contributed by atoms with Crippen LogP contribution in [0.15, 0.2) is 146 Å². The Morgan fingerprint density at radius 1 is 0.261 bits per heavy atom. The van der Waals surface area contributed by atoms with Crippen molar-refractivity contribution < 1.29 is 0 Å². The molecule has 0 saturated heterocycles. The molecule has 0 saturated carbocycles. The monoisotopic (exact) mass is 610 g/mol. The molecular weight excluding hydrogens is 571 g/mol. The van der Waals surface area contributed by atoms with Gasteiger partial charge in [0.05, 0.1) is 0 Å². The lowest BCUT2D eigenvalue weighted by molar-refractivity contribution is 1.46. The molecule has 0 nitrogen and oxygen atoms in total. The molecule has 0 aliphatic carbocycles. The summed E-state index contributed by atoms with van der Waals surface area (Å²) in [5, 5.41) is 4.02. The second-order valence-corrected chi connectivity index (χ2v) is 14.1. The van der Waals surface area contributed by atoms with Crippen LogP contribution in [-0.4, -0.2) is 0 Å². The molecular formula is C45H39P. The summed E-state index contributed by atoms with van der Waals surface area (Å²) in [5.74, 6) is 0. The number of rotatable bonds is 9. The highest BCUT2D eigenvalue weighted by Gasteiger charge is 2.16. The third kappa shape index (κ3) is 8.36. The van der Waals surface area contributed by atoms with E-state index in [9.17, 15) is 0 Å². The third-order valence-electron chi connectivity index (χ3n) is 8.09. The predicted octanol–water partition coefficient (Wildman–Crippen LogP) is 10.9. The Labute approximate surface area is 275 Å². The summed E-state index contributed by atoms with van der Waals surface area (Å²) in [6.45, 7) is 6.36. The van der Waals surface area contributed by atoms with Crippen molar-refractivity contribution in [2.45, 2.75) is 20.8 Å². The smallest absolute Gasteiger partial charge is 0.0134 e. The van der Waals surface area contributed by atoms with Crippen molar-refractivity contribution in [3.05, 3.63) is 196 Å². The van der Waals surface area contributed by atoms with Gasteiger partial charge in [-0.15, -0.1) is 0 Å². The molecule has 46 heavy (non-hydrogen) atoms. The van der Waals surface area contributed by atoms with Crippen LogP contribution in [-0.2, 0) is 0 Å². The van der Waals surface area contributed by atoms with Crippen LogP contribution < -0.4 is 15.9 Å². The Bertz CT molecular complexity index is 1700. The van der Waals surface area contributed by atoms with Crippen LogP contribution in [0.5, 0.6) is 0 Å². The van der Waals surface area contributed by atoms with Crippen molar-refractivity contribution in [1.82, 2.24) is 0 Å². The van der Waals surface area contributed by atoms with Crippen LogP contribution in [0.1, 0.15) is 50.1 Å². The maximum atomic E-state index is 2.30. The van der Waals surface area contributed by atoms with Crippen molar-refractivity contribution in [2.24, 2.45) is 0 Å². The molecule has 6 aromatic carbocycles. The van der Waals surface area contributed by atoms with Crippen molar-refractivity contribution in [1.29, 1.82) is 0 Å². The molecule has 0 atom stereocenters. The van der Waals surface area contributed by atoms with Crippen LogP contribution >= 0.6 is 7.92 Å². The molecule has 0 radical (unpaired) electrons. The van der Waals surface area contributed by atoms with E-state index in [1.165, 1.54) is 66.0 Å². The Kier molecular flexibility index (Phi) is 9.99. The summed E-state index contributed by atoms with van der Waals surface area (Å²) < 4.78 is 0. The summed E-state index contributed by atoms with van der Waals surface area (Å²) in [6, 6.07) is 53.2. The van der Waals surface area contributed by atoms with E-state index in [0.29, 0.717) is 0 Å². The molecule has 0 fully saturated rings. The zero-order chi connectivity index (χ0) is 31.7. The lowest BCUT2D eigenvalue weighted by Gasteiger charge is -2.20. The summed E-state index contributed by atoms with van der Waals surface area (Å²) in [4.78, 5) is 0. The van der Waals surface area contributed by atoms with Gasteiger partial charge in [0, 0.05) is 0 Å². The summed E-state index contributed by atoms with van der Waals surface area (Å²) in [6.07, 6.45) is 13.1. The average molecular weight is 611 g/mol. The van der Waals surface area contributed by atoms with Crippen molar-refractivity contribution in [3.63, 3.8) is 0 Å². The van der Waals surface area contributed by atoms with Crippen LogP contribution in [0.3, 0.4) is 0 Å². The Morgan fingerprint density at radius 3 is 0.630 bits per heavy atom. The predicted molar refractivity (Wildman–Crippen MR) is 205 cm³/mol. The highest BCUT2D eigenvalue weighted by atomic mass is 31.1. The SMILES string of the molecule is Cc1ccc(/C=C/c2ccc(P(c3ccc(/C=C/c4ccc(C)cc4)cc3)c3ccc(/C=C/c4ccc(C)cc4)cc3)cc2)cc1. The Balaban J connectivity index is 1.27. The number of benzene rings is 6. The molecule has 0 N–H and O–H groups in total. The first kappa shape index (κ1) is 31.0. The topological polar surface area (TPSA) is 0 Å². The molecule has 1 heteroatoms. The van der Waals surface area contributed by atoms with Gasteiger partial charge in [-0.2, -0.15) is 0 Å². The summed E-state index contributed by atoms with van der Waals surface area (Å²) in [7, 11) is -0.726. The Hall–Kier alpha value is -5.03. The lowest BCUT2D eigenvalue weighted by atomic mass is 10.1. The average Bonchev–Trinajstić information content (AvgIpc) is 3.09. The highest BCUT2D eigenvalue weighted by molar-refractivity contribution is 7.79. The van der Waals surface area contributed by atoms with Gasteiger partial charge in [-0.25, -0.2) is 0 Å². The molecule has 224 valence electrons. The molecule has 0 aliphatic heterocycles. The standard InChI is InChI=1S/C45H39P/c1-34-4-10-37(11-5-34)16-19-40-22-28-43(29-23-40)46(44-30-24-41(25-31-44)20-17-38-12-6-35(2)7-13-38)45-32-26-42(27-33-45)21-18-39-14-8-36(3)9-15-39/h4-33H,1-3H3/b19-16+,20-17+,21-18+. The van der Waals surface area contributed by atoms with Gasteiger partial charge in [0.15, 0.2) is 0 Å². The van der Waals surface area contributed by atoms with E-state index in [-0.39, 0.29) is 0 Å². The molecule has 0 bridgehead atoms. The van der Waals surface area contributed by atoms with E-state index in [1.807, 2.05) is 0 Å². The molecule has 0 unspecified atom stereocenters. The van der Waals surface area contributed by atoms with E-state index in [4.69, 9.17) is 0 Å². The van der Waals surface area contributed by atoms with Gasteiger partial charge < -0.3 is 0 Å². The second-order valence-electron chi connectivity index (χ2n) is 11.8. The van der Waals surface area contributed by atoms with Crippen molar-refractivity contribution >= 4 is 60.3 Å². The Morgan fingerprint density at radius 2 is 0.435 bits per heavy atom. The molecule has 0 spiro atoms. The quantitative estimate of drug-likeness (QED) is 0.113. The van der Waals surface area contributed by atoms with Gasteiger partial charge in [0.1, 0.15) is 0 Å². The fourth-order valence-corrected chi connectivity index (χ4v) is 7.50. The fourth-order valence-electron chi connectivity index (χ4n) is 5.26. The zero-order valence-electron chi connectivity index (χ0n) is 26.8. The normalized spacial score (nSPS) is 11.7. The lowest BCUT2D eigenvalue weighted by Crippen LogP contribution is -2.20. The van der Waals surface area contributed by atoms with E-state index < -0.39 is 7.92 Å². The van der Waals surface area contributed by atoms with E-state index in [1.54, 1.807) is 0 Å². The number of hydrogen-bond acceptors (Lipinski definition) is 0. The maximum Gasteiger partial charge on any atom is -0.0134 e. The van der Waals surface area contributed by atoms with Crippen LogP contribution in [0.25, 0.3) is 36.5 Å². The van der Waals surface area contributed by atoms with Crippen LogP contribution in [0.2, 0.25) is 0 Å². The van der Waals surface area contributed by atoms with Gasteiger partial charge >= 0.3 is 0 Å². The van der Waals surface area contributed by atoms with Gasteiger partial charge in [-0.1, -0.05) is 199 Å². The van der Waals surface area contributed by atoms with Crippen molar-refractivity contribution in [2.75, 3.05) is 0 Å². The van der Waals surface area contributed by atoms with Gasteiger partial charge in [-0.3, -0.25) is 0 Å². The summed E-state index contributed by atoms with van der Waals surface area (Å²) >= 11 is 0. The molecule has 6 aromatic rings. The van der Waals surface area contributed by atoms with Crippen LogP contribution in [0.4, 0.5) is 0 Å². The first-order valence-electron chi connectivity index (χ1n) is 15.8. The largest absolute Gasteiger partial charge is 0.0587 e. The van der Waals surface area contributed by atoms with E-state index in [0.717, 1.165) is 0 Å². The molecule has 0 heterocycles. The number of hydrogen-bond donors (Lipinski definition) is 0. The minimum atomic E-state index is -0.726. The first-order chi connectivity index (χ1) is 22.5. The highest BCUT2D eigenvalue weighted by Crippen LogP contribution is 2.33. The van der Waals surface area contributed by atoms with Gasteiger partial charge in [0.2, 0.25) is 0 Å². The molecule has 0 aromatic heterocycles. The minimum Gasteiger partial charge on any atom is -0.0587 e.